The van der Waals surface area contributed by atoms with Crippen molar-refractivity contribution in [2.75, 3.05) is 4.90 Å². The van der Waals surface area contributed by atoms with E-state index in [0.717, 1.165) is 17.1 Å². The van der Waals surface area contributed by atoms with Gasteiger partial charge in [0.05, 0.1) is 11.1 Å². The molecule has 254 valence electrons. The van der Waals surface area contributed by atoms with Gasteiger partial charge in [0, 0.05) is 53.5 Å². The van der Waals surface area contributed by atoms with Crippen molar-refractivity contribution >= 4 is 50.6 Å². The van der Waals surface area contributed by atoms with Gasteiger partial charge >= 0.3 is 0 Å². The summed E-state index contributed by atoms with van der Waals surface area (Å²) in [5.41, 5.74) is 15.6. The van der Waals surface area contributed by atoms with Crippen LogP contribution in [0.4, 0.5) is 39.8 Å². The van der Waals surface area contributed by atoms with Crippen molar-refractivity contribution < 1.29 is 0 Å². The molecule has 2 heteroatoms. The van der Waals surface area contributed by atoms with Gasteiger partial charge in [-0.15, -0.1) is 0 Å². The maximum Gasteiger partial charge on any atom is 0.156 e. The minimum Gasteiger partial charge on any atom is -0.311 e. The lowest BCUT2D eigenvalue weighted by molar-refractivity contribution is 0.721. The van der Waals surface area contributed by atoms with Crippen molar-refractivity contribution in [1.82, 2.24) is 4.48 Å². The van der Waals surface area contributed by atoms with Crippen molar-refractivity contribution in [2.24, 2.45) is 0 Å². The number of hydrogen-bond donors (Lipinski definition) is 0. The largest absolute Gasteiger partial charge is 0.311 e. The van der Waals surface area contributed by atoms with Gasteiger partial charge in [0.1, 0.15) is 11.4 Å². The third kappa shape index (κ3) is 5.24. The molecule has 9 aromatic rings. The molecule has 2 nitrogen and oxygen atoms in total. The molecule has 9 aromatic carbocycles. The summed E-state index contributed by atoms with van der Waals surface area (Å²) in [7, 11) is 0. The Morgan fingerprint density at radius 2 is 0.722 bits per heavy atom. The Bertz CT molecular complexity index is 2700. The van der Waals surface area contributed by atoms with E-state index in [2.05, 4.69) is 229 Å². The highest BCUT2D eigenvalue weighted by Crippen LogP contribution is 2.62. The lowest BCUT2D eigenvalue weighted by atomic mass is 9.98. The summed E-state index contributed by atoms with van der Waals surface area (Å²) >= 11 is 0. The number of rotatable bonds is 7. The predicted octanol–water partition coefficient (Wildman–Crippen LogP) is 14.9. The Labute approximate surface area is 316 Å². The van der Waals surface area contributed by atoms with Crippen molar-refractivity contribution in [3.05, 3.63) is 224 Å². The summed E-state index contributed by atoms with van der Waals surface area (Å²) in [5, 5.41) is 2.51. The van der Waals surface area contributed by atoms with Crippen LogP contribution in [0.1, 0.15) is 0 Å². The Kier molecular flexibility index (Phi) is 7.75. The molecule has 1 aliphatic heterocycles. The van der Waals surface area contributed by atoms with E-state index in [-0.39, 0.29) is 0 Å². The summed E-state index contributed by atoms with van der Waals surface area (Å²) in [5.74, 6) is 0. The fourth-order valence-electron chi connectivity index (χ4n) is 8.36. The van der Waals surface area contributed by atoms with Crippen LogP contribution in [0.2, 0.25) is 0 Å². The fraction of sp³-hybridized carbons (Fsp3) is 0. The molecule has 0 saturated heterocycles. The molecular formula is C52H37N2+. The molecule has 0 atom stereocenters. The number of para-hydroxylation sites is 4. The third-order valence-electron chi connectivity index (χ3n) is 10.9. The normalized spacial score (nSPS) is 12.6. The summed E-state index contributed by atoms with van der Waals surface area (Å²) in [4.78, 5) is 2.33. The lowest BCUT2D eigenvalue weighted by Crippen LogP contribution is -2.30. The molecule has 0 bridgehead atoms. The highest BCUT2D eigenvalue weighted by atomic mass is 15.4. The van der Waals surface area contributed by atoms with Crippen LogP contribution in [0.15, 0.2) is 224 Å². The van der Waals surface area contributed by atoms with Gasteiger partial charge in [-0.2, -0.15) is 4.48 Å². The molecule has 1 aliphatic rings. The second-order valence-corrected chi connectivity index (χ2v) is 13.9. The molecule has 0 radical (unpaired) electrons. The van der Waals surface area contributed by atoms with E-state index >= 15 is 0 Å². The van der Waals surface area contributed by atoms with Gasteiger partial charge in [-0.05, 0) is 93.7 Å². The molecule has 0 N–H and O–H groups in total. The molecule has 54 heavy (non-hydrogen) atoms. The standard InChI is InChI=1S/C52H37N2/c1-4-16-44(17-5-1)53(45-31-26-39(27-32-45)42-25-24-38-14-10-11-15-41(38)36-42)46-33-28-40(29-34-46)43-30-35-52-50(37-43)49-22-12-13-23-51(49)54(52,47-18-6-2-7-19-47)48-20-8-3-9-21-48/h1-37H/q+1. The monoisotopic (exact) mass is 689 g/mol. The van der Waals surface area contributed by atoms with E-state index in [1.807, 2.05) is 0 Å². The smallest absolute Gasteiger partial charge is 0.156 e. The van der Waals surface area contributed by atoms with Gasteiger partial charge in [-0.3, -0.25) is 0 Å². The highest BCUT2D eigenvalue weighted by Gasteiger charge is 2.47. The average Bonchev–Trinajstić information content (AvgIpc) is 3.55. The number of hydrogen-bond acceptors (Lipinski definition) is 1. The van der Waals surface area contributed by atoms with Crippen LogP contribution in [-0.4, -0.2) is 0 Å². The van der Waals surface area contributed by atoms with E-state index in [4.69, 9.17) is 0 Å². The average molecular weight is 690 g/mol. The Morgan fingerprint density at radius 3 is 1.35 bits per heavy atom. The molecule has 0 saturated carbocycles. The van der Waals surface area contributed by atoms with Gasteiger partial charge in [0.2, 0.25) is 0 Å². The van der Waals surface area contributed by atoms with E-state index in [1.54, 1.807) is 0 Å². The zero-order valence-electron chi connectivity index (χ0n) is 29.8. The van der Waals surface area contributed by atoms with E-state index in [9.17, 15) is 0 Å². The first kappa shape index (κ1) is 31.7. The Hall–Kier alpha value is -7.00. The summed E-state index contributed by atoms with van der Waals surface area (Å²) in [6.07, 6.45) is 0. The van der Waals surface area contributed by atoms with Crippen LogP contribution in [-0.2, 0) is 0 Å². The van der Waals surface area contributed by atoms with Gasteiger partial charge in [-0.25, -0.2) is 0 Å². The fourth-order valence-corrected chi connectivity index (χ4v) is 8.36. The first-order valence-electron chi connectivity index (χ1n) is 18.6. The SMILES string of the molecule is c1ccc(N(c2ccc(-c3ccc4c(c3)-c3ccccc3[N+]4(c3ccccc3)c3ccccc3)cc2)c2ccc(-c3ccc4ccccc4c3)cc2)cc1. The molecule has 0 aromatic heterocycles. The second kappa shape index (κ2) is 13.2. The van der Waals surface area contributed by atoms with E-state index in [1.165, 1.54) is 66.9 Å². The molecule has 0 spiro atoms. The summed E-state index contributed by atoms with van der Waals surface area (Å²) in [6.45, 7) is 0. The van der Waals surface area contributed by atoms with Crippen LogP contribution < -0.4 is 9.38 Å². The van der Waals surface area contributed by atoms with Crippen LogP contribution in [0.5, 0.6) is 0 Å². The van der Waals surface area contributed by atoms with Gasteiger partial charge < -0.3 is 4.90 Å². The highest BCUT2D eigenvalue weighted by molar-refractivity contribution is 6.03. The Morgan fingerprint density at radius 1 is 0.278 bits per heavy atom. The number of fused-ring (bicyclic) bond motifs is 4. The summed E-state index contributed by atoms with van der Waals surface area (Å²) < 4.78 is 0.554. The first-order valence-corrected chi connectivity index (χ1v) is 18.6. The first-order chi connectivity index (χ1) is 26.8. The van der Waals surface area contributed by atoms with Crippen molar-refractivity contribution in [2.45, 2.75) is 0 Å². The van der Waals surface area contributed by atoms with Crippen LogP contribution in [0, 0.1) is 0 Å². The Balaban J connectivity index is 1.03. The van der Waals surface area contributed by atoms with Crippen LogP contribution >= 0.6 is 0 Å². The summed E-state index contributed by atoms with van der Waals surface area (Å²) in [6, 6.07) is 81.5. The van der Waals surface area contributed by atoms with Crippen molar-refractivity contribution in [3.8, 4) is 33.4 Å². The quantitative estimate of drug-likeness (QED) is 0.151. The molecular weight excluding hydrogens is 653 g/mol. The van der Waals surface area contributed by atoms with Crippen molar-refractivity contribution in [3.63, 3.8) is 0 Å². The molecule has 10 rings (SSSR count). The molecule has 0 aliphatic carbocycles. The zero-order chi connectivity index (χ0) is 35.9. The minimum atomic E-state index is 0.554. The number of quaternary nitrogens is 1. The van der Waals surface area contributed by atoms with E-state index in [0.29, 0.717) is 4.48 Å². The third-order valence-corrected chi connectivity index (χ3v) is 10.9. The topological polar surface area (TPSA) is 3.24 Å². The maximum absolute atomic E-state index is 2.38. The molecule has 0 amide bonds. The molecule has 0 unspecified atom stereocenters. The lowest BCUT2D eigenvalue weighted by Gasteiger charge is -2.34. The molecule has 1 heterocycles. The zero-order valence-corrected chi connectivity index (χ0v) is 29.8. The molecule has 0 fully saturated rings. The van der Waals surface area contributed by atoms with Crippen LogP contribution in [0.3, 0.4) is 0 Å². The maximum atomic E-state index is 2.38. The van der Waals surface area contributed by atoms with Gasteiger partial charge in [-0.1, -0.05) is 127 Å². The van der Waals surface area contributed by atoms with Crippen molar-refractivity contribution in [1.29, 1.82) is 0 Å². The number of anilines is 3. The second-order valence-electron chi connectivity index (χ2n) is 13.9. The minimum absolute atomic E-state index is 0.554. The predicted molar refractivity (Wildman–Crippen MR) is 229 cm³/mol. The van der Waals surface area contributed by atoms with Crippen LogP contribution in [0.25, 0.3) is 44.2 Å². The number of benzene rings is 9. The van der Waals surface area contributed by atoms with E-state index < -0.39 is 0 Å². The van der Waals surface area contributed by atoms with Gasteiger partial charge in [0.15, 0.2) is 11.4 Å². The number of nitrogens with zero attached hydrogens (tertiary/aromatic N) is 2. The van der Waals surface area contributed by atoms with Gasteiger partial charge in [0.25, 0.3) is 0 Å².